The summed E-state index contributed by atoms with van der Waals surface area (Å²) in [5.74, 6) is 0.283. The molecule has 1 rings (SSSR count). The van der Waals surface area contributed by atoms with Crippen molar-refractivity contribution in [3.8, 4) is 5.75 Å². The molecule has 3 N–H and O–H groups in total. The fourth-order valence-corrected chi connectivity index (χ4v) is 1.26. The van der Waals surface area contributed by atoms with Crippen molar-refractivity contribution in [3.63, 3.8) is 0 Å². The Morgan fingerprint density at radius 1 is 1.44 bits per heavy atom. The van der Waals surface area contributed by atoms with E-state index in [-0.39, 0.29) is 5.91 Å². The van der Waals surface area contributed by atoms with Crippen LogP contribution in [0.3, 0.4) is 0 Å². The molecule has 1 amide bonds. The molecule has 0 bridgehead atoms. The number of hydrogen-bond acceptors (Lipinski definition) is 4. The number of ether oxygens (including phenoxy) is 2. The summed E-state index contributed by atoms with van der Waals surface area (Å²) < 4.78 is 9.92. The molecule has 1 aromatic carbocycles. The highest BCUT2D eigenvalue weighted by atomic mass is 16.5. The Hall–Kier alpha value is -1.75. The second kappa shape index (κ2) is 5.97. The van der Waals surface area contributed by atoms with Gasteiger partial charge in [-0.1, -0.05) is 0 Å². The number of hydrogen-bond donors (Lipinski definition) is 2. The molecule has 0 aliphatic carbocycles. The zero-order chi connectivity index (χ0) is 12.0. The zero-order valence-electron chi connectivity index (χ0n) is 9.45. The van der Waals surface area contributed by atoms with E-state index in [1.807, 2.05) is 0 Å². The molecule has 0 spiro atoms. The van der Waals surface area contributed by atoms with Crippen molar-refractivity contribution in [2.45, 2.75) is 0 Å². The standard InChI is InChI=1S/C11H16N2O3/c1-15-6-5-13-11(14)9-7-8(12)3-4-10(9)16-2/h3-4,7H,5-6,12H2,1-2H3,(H,13,14). The van der Waals surface area contributed by atoms with Gasteiger partial charge in [0.05, 0.1) is 19.3 Å². The van der Waals surface area contributed by atoms with E-state index in [4.69, 9.17) is 15.2 Å². The van der Waals surface area contributed by atoms with Crippen molar-refractivity contribution in [3.05, 3.63) is 23.8 Å². The van der Waals surface area contributed by atoms with Gasteiger partial charge < -0.3 is 20.5 Å². The van der Waals surface area contributed by atoms with Gasteiger partial charge in [0, 0.05) is 19.3 Å². The Morgan fingerprint density at radius 2 is 2.19 bits per heavy atom. The van der Waals surface area contributed by atoms with Crippen LogP contribution in [0, 0.1) is 0 Å². The number of anilines is 1. The Labute approximate surface area is 94.5 Å². The van der Waals surface area contributed by atoms with Gasteiger partial charge in [0.15, 0.2) is 0 Å². The lowest BCUT2D eigenvalue weighted by atomic mass is 10.1. The summed E-state index contributed by atoms with van der Waals surface area (Å²) in [6.45, 7) is 0.920. The molecule has 0 radical (unpaired) electrons. The summed E-state index contributed by atoms with van der Waals surface area (Å²) in [6.07, 6.45) is 0. The van der Waals surface area contributed by atoms with Gasteiger partial charge in [-0.2, -0.15) is 0 Å². The molecular weight excluding hydrogens is 208 g/mol. The van der Waals surface area contributed by atoms with Crippen molar-refractivity contribution >= 4 is 11.6 Å². The summed E-state index contributed by atoms with van der Waals surface area (Å²) in [7, 11) is 3.09. The van der Waals surface area contributed by atoms with Crippen LogP contribution in [0.2, 0.25) is 0 Å². The van der Waals surface area contributed by atoms with Crippen molar-refractivity contribution in [1.82, 2.24) is 5.32 Å². The van der Waals surface area contributed by atoms with Crippen molar-refractivity contribution in [2.75, 3.05) is 33.1 Å². The monoisotopic (exact) mass is 224 g/mol. The lowest BCUT2D eigenvalue weighted by Crippen LogP contribution is -2.27. The van der Waals surface area contributed by atoms with E-state index < -0.39 is 0 Å². The number of carbonyl (C=O) groups is 1. The maximum atomic E-state index is 11.7. The largest absolute Gasteiger partial charge is 0.496 e. The second-order valence-electron chi connectivity index (χ2n) is 3.21. The van der Waals surface area contributed by atoms with Crippen molar-refractivity contribution < 1.29 is 14.3 Å². The predicted molar refractivity (Wildman–Crippen MR) is 61.6 cm³/mol. The fraction of sp³-hybridized carbons (Fsp3) is 0.364. The molecule has 5 nitrogen and oxygen atoms in total. The summed E-state index contributed by atoms with van der Waals surface area (Å²) in [4.78, 5) is 11.7. The van der Waals surface area contributed by atoms with E-state index in [0.29, 0.717) is 30.2 Å². The highest BCUT2D eigenvalue weighted by Gasteiger charge is 2.11. The van der Waals surface area contributed by atoms with Gasteiger partial charge in [0.2, 0.25) is 0 Å². The molecular formula is C11H16N2O3. The predicted octanol–water partition coefficient (Wildman–Crippen LogP) is 0.654. The summed E-state index contributed by atoms with van der Waals surface area (Å²) in [6, 6.07) is 4.94. The number of nitrogens with two attached hydrogens (primary N) is 1. The number of carbonyl (C=O) groups excluding carboxylic acids is 1. The Bertz CT molecular complexity index is 366. The highest BCUT2D eigenvalue weighted by Crippen LogP contribution is 2.20. The van der Waals surface area contributed by atoms with E-state index in [9.17, 15) is 4.79 Å². The van der Waals surface area contributed by atoms with E-state index in [1.165, 1.54) is 7.11 Å². The summed E-state index contributed by atoms with van der Waals surface area (Å²) in [5, 5.41) is 2.70. The quantitative estimate of drug-likeness (QED) is 0.569. The number of nitrogens with one attached hydrogen (secondary N) is 1. The molecule has 16 heavy (non-hydrogen) atoms. The zero-order valence-corrected chi connectivity index (χ0v) is 9.45. The lowest BCUT2D eigenvalue weighted by Gasteiger charge is -2.09. The van der Waals surface area contributed by atoms with Gasteiger partial charge in [-0.3, -0.25) is 4.79 Å². The molecule has 0 unspecified atom stereocenters. The average molecular weight is 224 g/mol. The number of methoxy groups -OCH3 is 2. The molecule has 0 saturated carbocycles. The van der Waals surface area contributed by atoms with Crippen molar-refractivity contribution in [2.24, 2.45) is 0 Å². The third-order valence-electron chi connectivity index (χ3n) is 2.06. The Balaban J connectivity index is 2.76. The van der Waals surface area contributed by atoms with Gasteiger partial charge in [0.25, 0.3) is 5.91 Å². The fourth-order valence-electron chi connectivity index (χ4n) is 1.26. The molecule has 0 aliphatic rings. The van der Waals surface area contributed by atoms with Crippen molar-refractivity contribution in [1.29, 1.82) is 0 Å². The SMILES string of the molecule is COCCNC(=O)c1cc(N)ccc1OC. The molecule has 0 aliphatic heterocycles. The Kier molecular flexibility index (Phi) is 4.60. The first kappa shape index (κ1) is 12.3. The van der Waals surface area contributed by atoms with E-state index >= 15 is 0 Å². The van der Waals surface area contributed by atoms with Gasteiger partial charge in [-0.05, 0) is 18.2 Å². The summed E-state index contributed by atoms with van der Waals surface area (Å²) >= 11 is 0. The second-order valence-corrected chi connectivity index (χ2v) is 3.21. The third kappa shape index (κ3) is 3.13. The van der Waals surface area contributed by atoms with Crippen LogP contribution in [0.25, 0.3) is 0 Å². The third-order valence-corrected chi connectivity index (χ3v) is 2.06. The molecule has 1 aromatic rings. The normalized spacial score (nSPS) is 9.88. The first-order valence-electron chi connectivity index (χ1n) is 4.89. The van der Waals surface area contributed by atoms with Crippen LogP contribution in [0.4, 0.5) is 5.69 Å². The lowest BCUT2D eigenvalue weighted by molar-refractivity contribution is 0.0934. The van der Waals surface area contributed by atoms with Gasteiger partial charge in [-0.15, -0.1) is 0 Å². The van der Waals surface area contributed by atoms with E-state index in [2.05, 4.69) is 5.32 Å². The van der Waals surface area contributed by atoms with Crippen LogP contribution < -0.4 is 15.8 Å². The number of nitrogen functional groups attached to an aromatic ring is 1. The molecule has 0 atom stereocenters. The number of amides is 1. The molecule has 0 saturated heterocycles. The molecule has 88 valence electrons. The first-order valence-corrected chi connectivity index (χ1v) is 4.89. The molecule has 5 heteroatoms. The minimum atomic E-state index is -0.221. The van der Waals surface area contributed by atoms with E-state index in [0.717, 1.165) is 0 Å². The summed E-state index contributed by atoms with van der Waals surface area (Å²) in [5.41, 5.74) is 6.57. The highest BCUT2D eigenvalue weighted by molar-refractivity contribution is 5.97. The minimum Gasteiger partial charge on any atom is -0.496 e. The maximum absolute atomic E-state index is 11.7. The van der Waals surface area contributed by atoms with Crippen LogP contribution >= 0.6 is 0 Å². The van der Waals surface area contributed by atoms with Crippen LogP contribution in [-0.2, 0) is 4.74 Å². The van der Waals surface area contributed by atoms with Crippen LogP contribution in [0.15, 0.2) is 18.2 Å². The number of benzene rings is 1. The first-order chi connectivity index (χ1) is 7.69. The molecule has 0 aromatic heterocycles. The van der Waals surface area contributed by atoms with Gasteiger partial charge in [-0.25, -0.2) is 0 Å². The Morgan fingerprint density at radius 3 is 2.81 bits per heavy atom. The van der Waals surface area contributed by atoms with Crippen LogP contribution in [-0.4, -0.2) is 33.3 Å². The van der Waals surface area contributed by atoms with E-state index in [1.54, 1.807) is 25.3 Å². The van der Waals surface area contributed by atoms with Gasteiger partial charge in [0.1, 0.15) is 5.75 Å². The topological polar surface area (TPSA) is 73.6 Å². The minimum absolute atomic E-state index is 0.221. The van der Waals surface area contributed by atoms with Crippen LogP contribution in [0.1, 0.15) is 10.4 Å². The molecule has 0 fully saturated rings. The smallest absolute Gasteiger partial charge is 0.255 e. The number of rotatable bonds is 5. The van der Waals surface area contributed by atoms with Gasteiger partial charge >= 0.3 is 0 Å². The average Bonchev–Trinajstić information content (AvgIpc) is 2.29. The van der Waals surface area contributed by atoms with Crippen LogP contribution in [0.5, 0.6) is 5.75 Å². The molecule has 0 heterocycles. The maximum Gasteiger partial charge on any atom is 0.255 e.